The molecule has 84 valence electrons. The number of hydrogen-bond acceptors (Lipinski definition) is 3. The van der Waals surface area contributed by atoms with Crippen LogP contribution in [0, 0.1) is 5.92 Å². The third kappa shape index (κ3) is 3.30. The summed E-state index contributed by atoms with van der Waals surface area (Å²) in [6.07, 6.45) is 2.75. The molecule has 1 fully saturated rings. The highest BCUT2D eigenvalue weighted by Crippen LogP contribution is 2.19. The standard InChI is InChI=1S/C12H20N2S/c1-13-8-11-4-2-6-14(9-11)10-12-5-3-7-15-12/h3,5,7,11,13H,2,4,6,8-10H2,1H3/t11-/m0/s1. The van der Waals surface area contributed by atoms with Gasteiger partial charge in [-0.05, 0) is 50.3 Å². The normalized spacial score (nSPS) is 23.1. The van der Waals surface area contributed by atoms with Crippen LogP contribution in [-0.2, 0) is 6.54 Å². The summed E-state index contributed by atoms with van der Waals surface area (Å²) >= 11 is 1.87. The topological polar surface area (TPSA) is 15.3 Å². The Kier molecular flexibility index (Phi) is 4.18. The Morgan fingerprint density at radius 1 is 1.60 bits per heavy atom. The second kappa shape index (κ2) is 5.64. The maximum Gasteiger partial charge on any atom is 0.0328 e. The Morgan fingerprint density at radius 3 is 3.27 bits per heavy atom. The molecule has 1 N–H and O–H groups in total. The van der Waals surface area contributed by atoms with E-state index in [9.17, 15) is 0 Å². The van der Waals surface area contributed by atoms with E-state index in [1.165, 1.54) is 37.4 Å². The summed E-state index contributed by atoms with van der Waals surface area (Å²) in [5.74, 6) is 0.851. The molecule has 15 heavy (non-hydrogen) atoms. The van der Waals surface area contributed by atoms with E-state index in [2.05, 4.69) is 34.8 Å². The predicted molar refractivity (Wildman–Crippen MR) is 66.2 cm³/mol. The Labute approximate surface area is 96.3 Å². The Hall–Kier alpha value is -0.380. The lowest BCUT2D eigenvalue weighted by Gasteiger charge is -2.32. The van der Waals surface area contributed by atoms with Gasteiger partial charge in [-0.15, -0.1) is 11.3 Å². The second-order valence-electron chi connectivity index (χ2n) is 4.38. The van der Waals surface area contributed by atoms with Crippen LogP contribution in [-0.4, -0.2) is 31.6 Å². The minimum absolute atomic E-state index is 0.851. The van der Waals surface area contributed by atoms with Gasteiger partial charge in [-0.2, -0.15) is 0 Å². The molecule has 1 aliphatic heterocycles. The van der Waals surface area contributed by atoms with E-state index in [1.54, 1.807) is 0 Å². The first-order valence-corrected chi connectivity index (χ1v) is 6.66. The molecule has 0 spiro atoms. The zero-order valence-electron chi connectivity index (χ0n) is 9.41. The fraction of sp³-hybridized carbons (Fsp3) is 0.667. The van der Waals surface area contributed by atoms with Crippen LogP contribution in [0.5, 0.6) is 0 Å². The number of piperidine rings is 1. The van der Waals surface area contributed by atoms with Gasteiger partial charge in [0.25, 0.3) is 0 Å². The Balaban J connectivity index is 1.82. The zero-order chi connectivity index (χ0) is 10.5. The van der Waals surface area contributed by atoms with E-state index in [1.807, 2.05) is 11.3 Å². The molecule has 0 amide bonds. The second-order valence-corrected chi connectivity index (χ2v) is 5.41. The van der Waals surface area contributed by atoms with Crippen LogP contribution >= 0.6 is 11.3 Å². The maximum absolute atomic E-state index is 3.29. The van der Waals surface area contributed by atoms with Crippen LogP contribution in [0.2, 0.25) is 0 Å². The first kappa shape index (κ1) is 11.1. The molecule has 0 unspecified atom stereocenters. The van der Waals surface area contributed by atoms with Crippen LogP contribution in [0.15, 0.2) is 17.5 Å². The number of rotatable bonds is 4. The van der Waals surface area contributed by atoms with Crippen molar-refractivity contribution in [3.8, 4) is 0 Å². The number of likely N-dealkylation sites (tertiary alicyclic amines) is 1. The lowest BCUT2D eigenvalue weighted by molar-refractivity contribution is 0.168. The average Bonchev–Trinajstić information content (AvgIpc) is 2.71. The summed E-state index contributed by atoms with van der Waals surface area (Å²) in [6, 6.07) is 4.39. The van der Waals surface area contributed by atoms with Crippen molar-refractivity contribution in [3.05, 3.63) is 22.4 Å². The third-order valence-corrected chi connectivity index (χ3v) is 3.92. The molecule has 2 heterocycles. The van der Waals surface area contributed by atoms with Crippen molar-refractivity contribution in [2.24, 2.45) is 5.92 Å². The molecular weight excluding hydrogens is 204 g/mol. The summed E-state index contributed by atoms with van der Waals surface area (Å²) in [7, 11) is 2.05. The highest BCUT2D eigenvalue weighted by Gasteiger charge is 2.19. The van der Waals surface area contributed by atoms with E-state index in [0.29, 0.717) is 0 Å². The van der Waals surface area contributed by atoms with E-state index in [0.717, 1.165) is 12.5 Å². The van der Waals surface area contributed by atoms with Gasteiger partial charge in [0.05, 0.1) is 0 Å². The predicted octanol–water partition coefficient (Wildman–Crippen LogP) is 2.18. The molecule has 1 aromatic rings. The fourth-order valence-corrected chi connectivity index (χ4v) is 3.12. The molecule has 1 aromatic heterocycles. The van der Waals surface area contributed by atoms with Gasteiger partial charge < -0.3 is 5.32 Å². The summed E-state index contributed by atoms with van der Waals surface area (Å²) in [6.45, 7) is 4.86. The van der Waals surface area contributed by atoms with Crippen LogP contribution in [0.4, 0.5) is 0 Å². The van der Waals surface area contributed by atoms with Crippen molar-refractivity contribution in [1.29, 1.82) is 0 Å². The van der Waals surface area contributed by atoms with E-state index in [4.69, 9.17) is 0 Å². The average molecular weight is 224 g/mol. The van der Waals surface area contributed by atoms with Crippen molar-refractivity contribution in [2.75, 3.05) is 26.7 Å². The number of nitrogens with zero attached hydrogens (tertiary/aromatic N) is 1. The molecule has 1 saturated heterocycles. The lowest BCUT2D eigenvalue weighted by atomic mass is 9.98. The minimum Gasteiger partial charge on any atom is -0.319 e. The van der Waals surface area contributed by atoms with Crippen LogP contribution in [0.25, 0.3) is 0 Å². The van der Waals surface area contributed by atoms with Crippen molar-refractivity contribution >= 4 is 11.3 Å². The van der Waals surface area contributed by atoms with Crippen LogP contribution < -0.4 is 5.32 Å². The zero-order valence-corrected chi connectivity index (χ0v) is 10.2. The van der Waals surface area contributed by atoms with Gasteiger partial charge in [0.1, 0.15) is 0 Å². The number of nitrogens with one attached hydrogen (secondary N) is 1. The molecule has 2 rings (SSSR count). The molecule has 1 atom stereocenters. The molecule has 0 saturated carbocycles. The summed E-state index contributed by atoms with van der Waals surface area (Å²) in [5, 5.41) is 5.46. The number of thiophene rings is 1. The van der Waals surface area contributed by atoms with Gasteiger partial charge in [0, 0.05) is 18.0 Å². The van der Waals surface area contributed by atoms with Crippen LogP contribution in [0.3, 0.4) is 0 Å². The molecule has 0 radical (unpaired) electrons. The molecule has 2 nitrogen and oxygen atoms in total. The summed E-state index contributed by atoms with van der Waals surface area (Å²) in [4.78, 5) is 4.09. The Bertz CT molecular complexity index is 269. The molecule has 1 aliphatic rings. The van der Waals surface area contributed by atoms with Crippen molar-refractivity contribution in [3.63, 3.8) is 0 Å². The van der Waals surface area contributed by atoms with Gasteiger partial charge in [-0.1, -0.05) is 6.07 Å². The van der Waals surface area contributed by atoms with Gasteiger partial charge in [0.2, 0.25) is 0 Å². The van der Waals surface area contributed by atoms with Gasteiger partial charge in [-0.3, -0.25) is 4.90 Å². The highest BCUT2D eigenvalue weighted by molar-refractivity contribution is 7.09. The largest absolute Gasteiger partial charge is 0.319 e. The first-order chi connectivity index (χ1) is 7.38. The molecule has 0 aliphatic carbocycles. The van der Waals surface area contributed by atoms with Crippen molar-refractivity contribution < 1.29 is 0 Å². The van der Waals surface area contributed by atoms with E-state index >= 15 is 0 Å². The van der Waals surface area contributed by atoms with E-state index < -0.39 is 0 Å². The number of hydrogen-bond donors (Lipinski definition) is 1. The van der Waals surface area contributed by atoms with Gasteiger partial charge >= 0.3 is 0 Å². The van der Waals surface area contributed by atoms with Gasteiger partial charge in [-0.25, -0.2) is 0 Å². The minimum atomic E-state index is 0.851. The SMILES string of the molecule is CNC[C@@H]1CCCN(Cc2cccs2)C1. The molecule has 0 aromatic carbocycles. The lowest BCUT2D eigenvalue weighted by Crippen LogP contribution is -2.38. The summed E-state index contributed by atoms with van der Waals surface area (Å²) < 4.78 is 0. The maximum atomic E-state index is 3.29. The first-order valence-electron chi connectivity index (χ1n) is 5.78. The van der Waals surface area contributed by atoms with Crippen LogP contribution in [0.1, 0.15) is 17.7 Å². The monoisotopic (exact) mass is 224 g/mol. The summed E-state index contributed by atoms with van der Waals surface area (Å²) in [5.41, 5.74) is 0. The third-order valence-electron chi connectivity index (χ3n) is 3.06. The van der Waals surface area contributed by atoms with Crippen molar-refractivity contribution in [2.45, 2.75) is 19.4 Å². The Morgan fingerprint density at radius 2 is 2.53 bits per heavy atom. The molecular formula is C12H20N2S. The van der Waals surface area contributed by atoms with Gasteiger partial charge in [0.15, 0.2) is 0 Å². The highest BCUT2D eigenvalue weighted by atomic mass is 32.1. The van der Waals surface area contributed by atoms with Crippen molar-refractivity contribution in [1.82, 2.24) is 10.2 Å². The fourth-order valence-electron chi connectivity index (χ4n) is 2.37. The molecule has 0 bridgehead atoms. The quantitative estimate of drug-likeness (QED) is 0.843. The smallest absolute Gasteiger partial charge is 0.0328 e. The van der Waals surface area contributed by atoms with E-state index in [-0.39, 0.29) is 0 Å². The molecule has 3 heteroatoms.